The molecule has 1 unspecified atom stereocenters. The van der Waals surface area contributed by atoms with E-state index in [0.29, 0.717) is 10.6 Å². The summed E-state index contributed by atoms with van der Waals surface area (Å²) < 4.78 is 0. The van der Waals surface area contributed by atoms with Gasteiger partial charge in [0.2, 0.25) is 12.5 Å². The van der Waals surface area contributed by atoms with Crippen molar-refractivity contribution in [2.24, 2.45) is 0 Å². The molecule has 0 aromatic heterocycles. The number of nitro groups is 1. The minimum absolute atomic E-state index is 0.274. The van der Waals surface area contributed by atoms with Gasteiger partial charge in [0.15, 0.2) is 0 Å². The maximum atomic E-state index is 12.2. The quantitative estimate of drug-likeness (QED) is 0.467. The standard InChI is InChI=1S/C12H11ClN2O4/c1-12(6-15(18)19)9-5-7(13)3-4-8(9)10(16)14(2)11(12)17/h3-5H,6H2,1-2H3. The van der Waals surface area contributed by atoms with Crippen molar-refractivity contribution in [3.05, 3.63) is 44.5 Å². The van der Waals surface area contributed by atoms with E-state index >= 15 is 0 Å². The van der Waals surface area contributed by atoms with E-state index in [-0.39, 0.29) is 5.56 Å². The Morgan fingerprint density at radius 3 is 2.63 bits per heavy atom. The summed E-state index contributed by atoms with van der Waals surface area (Å²) in [5.41, 5.74) is -0.799. The molecule has 0 bridgehead atoms. The van der Waals surface area contributed by atoms with E-state index in [1.807, 2.05) is 0 Å². The molecule has 0 N–H and O–H groups in total. The predicted octanol–water partition coefficient (Wildman–Crippen LogP) is 1.49. The van der Waals surface area contributed by atoms with Gasteiger partial charge in [0.1, 0.15) is 5.41 Å². The van der Waals surface area contributed by atoms with E-state index in [2.05, 4.69) is 0 Å². The van der Waals surface area contributed by atoms with E-state index in [9.17, 15) is 19.7 Å². The SMILES string of the molecule is CN1C(=O)c2ccc(Cl)cc2C(C)(C[N+](=O)[O-])C1=O. The highest BCUT2D eigenvalue weighted by molar-refractivity contribution is 6.31. The van der Waals surface area contributed by atoms with Crippen LogP contribution in [-0.4, -0.2) is 35.2 Å². The Morgan fingerprint density at radius 2 is 2.05 bits per heavy atom. The first-order chi connectivity index (χ1) is 8.77. The second kappa shape index (κ2) is 4.31. The summed E-state index contributed by atoms with van der Waals surface area (Å²) in [4.78, 5) is 35.4. The lowest BCUT2D eigenvalue weighted by molar-refractivity contribution is -0.487. The average molecular weight is 283 g/mol. The highest BCUT2D eigenvalue weighted by Crippen LogP contribution is 2.36. The molecule has 6 nitrogen and oxygen atoms in total. The lowest BCUT2D eigenvalue weighted by Gasteiger charge is -2.35. The van der Waals surface area contributed by atoms with Crippen molar-refractivity contribution >= 4 is 23.4 Å². The first-order valence-corrected chi connectivity index (χ1v) is 5.89. The molecular formula is C12H11ClN2O4. The van der Waals surface area contributed by atoms with Gasteiger partial charge in [-0.3, -0.25) is 24.6 Å². The first-order valence-electron chi connectivity index (χ1n) is 5.51. The number of rotatable bonds is 2. The number of likely N-dealkylation sites (N-methyl/N-ethyl adjacent to an activating group) is 1. The summed E-state index contributed by atoms with van der Waals surface area (Å²) in [6, 6.07) is 4.46. The molecule has 1 aromatic rings. The number of imide groups is 1. The van der Waals surface area contributed by atoms with Gasteiger partial charge in [-0.1, -0.05) is 11.6 Å². The van der Waals surface area contributed by atoms with E-state index < -0.39 is 28.7 Å². The molecule has 0 spiro atoms. The van der Waals surface area contributed by atoms with Gasteiger partial charge in [-0.25, -0.2) is 0 Å². The number of benzene rings is 1. The number of halogens is 1. The number of hydrogen-bond donors (Lipinski definition) is 0. The monoisotopic (exact) mass is 282 g/mol. The second-order valence-corrected chi connectivity index (χ2v) is 5.12. The fourth-order valence-electron chi connectivity index (χ4n) is 2.33. The van der Waals surface area contributed by atoms with Gasteiger partial charge in [-0.15, -0.1) is 0 Å². The molecule has 1 aliphatic heterocycles. The lowest BCUT2D eigenvalue weighted by Crippen LogP contribution is -2.54. The molecule has 1 heterocycles. The molecule has 0 saturated carbocycles. The fourth-order valence-corrected chi connectivity index (χ4v) is 2.50. The largest absolute Gasteiger partial charge is 0.281 e. The summed E-state index contributed by atoms with van der Waals surface area (Å²) >= 11 is 5.87. The van der Waals surface area contributed by atoms with Crippen LogP contribution in [0.3, 0.4) is 0 Å². The smallest absolute Gasteiger partial charge is 0.260 e. The zero-order valence-electron chi connectivity index (χ0n) is 10.3. The molecule has 0 fully saturated rings. The number of hydrogen-bond acceptors (Lipinski definition) is 4. The topological polar surface area (TPSA) is 80.5 Å². The molecule has 1 atom stereocenters. The van der Waals surface area contributed by atoms with E-state index in [0.717, 1.165) is 4.90 Å². The normalized spacial score (nSPS) is 22.4. The predicted molar refractivity (Wildman–Crippen MR) is 67.8 cm³/mol. The molecule has 0 saturated heterocycles. The van der Waals surface area contributed by atoms with Crippen molar-refractivity contribution in [2.45, 2.75) is 12.3 Å². The minimum Gasteiger partial charge on any atom is -0.281 e. The number of fused-ring (bicyclic) bond motifs is 1. The first kappa shape index (κ1) is 13.5. The van der Waals surface area contributed by atoms with Gasteiger partial charge >= 0.3 is 0 Å². The zero-order valence-corrected chi connectivity index (χ0v) is 11.1. The van der Waals surface area contributed by atoms with Gasteiger partial charge < -0.3 is 0 Å². The summed E-state index contributed by atoms with van der Waals surface area (Å²) in [6.07, 6.45) is 0. The molecule has 19 heavy (non-hydrogen) atoms. The van der Waals surface area contributed by atoms with Crippen molar-refractivity contribution in [1.29, 1.82) is 0 Å². The van der Waals surface area contributed by atoms with Crippen LogP contribution in [0.4, 0.5) is 0 Å². The highest BCUT2D eigenvalue weighted by Gasteiger charge is 2.49. The van der Waals surface area contributed by atoms with Gasteiger partial charge in [0.05, 0.1) is 0 Å². The zero-order chi connectivity index (χ0) is 14.4. The van der Waals surface area contributed by atoms with Crippen LogP contribution < -0.4 is 0 Å². The van der Waals surface area contributed by atoms with Crippen LogP contribution in [-0.2, 0) is 10.2 Å². The van der Waals surface area contributed by atoms with Crippen molar-refractivity contribution in [3.8, 4) is 0 Å². The maximum absolute atomic E-state index is 12.2. The van der Waals surface area contributed by atoms with Crippen LogP contribution in [0.5, 0.6) is 0 Å². The van der Waals surface area contributed by atoms with E-state index in [4.69, 9.17) is 11.6 Å². The molecule has 100 valence electrons. The van der Waals surface area contributed by atoms with Crippen LogP contribution in [0, 0.1) is 10.1 Å². The van der Waals surface area contributed by atoms with Gasteiger partial charge in [-0.2, -0.15) is 0 Å². The van der Waals surface area contributed by atoms with Gasteiger partial charge in [0, 0.05) is 22.6 Å². The Balaban J connectivity index is 2.70. The lowest BCUT2D eigenvalue weighted by atomic mass is 9.75. The second-order valence-electron chi connectivity index (χ2n) is 4.68. The van der Waals surface area contributed by atoms with Crippen molar-refractivity contribution < 1.29 is 14.5 Å². The van der Waals surface area contributed by atoms with Crippen molar-refractivity contribution in [1.82, 2.24) is 4.90 Å². The third kappa shape index (κ3) is 1.98. The Bertz CT molecular complexity index is 601. The number of carbonyl (C=O) groups excluding carboxylic acids is 2. The third-order valence-electron chi connectivity index (χ3n) is 3.33. The van der Waals surface area contributed by atoms with E-state index in [1.54, 1.807) is 0 Å². The molecule has 2 amide bonds. The van der Waals surface area contributed by atoms with Gasteiger partial charge in [-0.05, 0) is 30.7 Å². The summed E-state index contributed by atoms with van der Waals surface area (Å²) in [5.74, 6) is -1.07. The fraction of sp³-hybridized carbons (Fsp3) is 0.333. The molecular weight excluding hydrogens is 272 g/mol. The van der Waals surface area contributed by atoms with Crippen molar-refractivity contribution in [2.75, 3.05) is 13.6 Å². The Kier molecular flexibility index (Phi) is 3.06. The minimum atomic E-state index is -1.38. The Labute approximate surface area is 114 Å². The van der Waals surface area contributed by atoms with Crippen molar-refractivity contribution in [3.63, 3.8) is 0 Å². The molecule has 1 aromatic carbocycles. The molecule has 7 heteroatoms. The van der Waals surface area contributed by atoms with Crippen LogP contribution in [0.25, 0.3) is 0 Å². The summed E-state index contributed by atoms with van der Waals surface area (Å²) in [5, 5.41) is 11.2. The highest BCUT2D eigenvalue weighted by atomic mass is 35.5. The maximum Gasteiger partial charge on any atom is 0.260 e. The Hall–Kier alpha value is -1.95. The average Bonchev–Trinajstić information content (AvgIpc) is 2.33. The summed E-state index contributed by atoms with van der Waals surface area (Å²) in [6.45, 7) is 0.868. The molecule has 0 aliphatic carbocycles. The van der Waals surface area contributed by atoms with Crippen LogP contribution in [0.1, 0.15) is 22.8 Å². The van der Waals surface area contributed by atoms with Gasteiger partial charge in [0.25, 0.3) is 5.91 Å². The molecule has 0 radical (unpaired) electrons. The van der Waals surface area contributed by atoms with Crippen LogP contribution >= 0.6 is 11.6 Å². The summed E-state index contributed by atoms with van der Waals surface area (Å²) in [7, 11) is 1.32. The number of amides is 2. The van der Waals surface area contributed by atoms with Crippen LogP contribution in [0.2, 0.25) is 5.02 Å². The molecule has 1 aliphatic rings. The molecule has 2 rings (SSSR count). The number of nitrogens with zero attached hydrogens (tertiary/aromatic N) is 2. The third-order valence-corrected chi connectivity index (χ3v) is 3.57. The van der Waals surface area contributed by atoms with Crippen LogP contribution in [0.15, 0.2) is 18.2 Å². The number of carbonyl (C=O) groups is 2. The Morgan fingerprint density at radius 1 is 1.42 bits per heavy atom. The van der Waals surface area contributed by atoms with E-state index in [1.165, 1.54) is 32.2 Å².